The van der Waals surface area contributed by atoms with Crippen molar-refractivity contribution < 1.29 is 14.7 Å². The van der Waals surface area contributed by atoms with E-state index in [1.165, 1.54) is 25.1 Å². The summed E-state index contributed by atoms with van der Waals surface area (Å²) in [6, 6.07) is 6.17. The molecule has 0 saturated carbocycles. The van der Waals surface area contributed by atoms with Gasteiger partial charge in [-0.25, -0.2) is 4.79 Å². The third-order valence-electron chi connectivity index (χ3n) is 1.87. The summed E-state index contributed by atoms with van der Waals surface area (Å²) in [4.78, 5) is 22.2. The monoisotopic (exact) mass is 239 g/mol. The van der Waals surface area contributed by atoms with Crippen LogP contribution >= 0.6 is 11.6 Å². The molecule has 0 saturated heterocycles. The fourth-order valence-electron chi connectivity index (χ4n) is 1.04. The first-order valence-electron chi connectivity index (χ1n) is 4.51. The molecule has 2 N–H and O–H groups in total. The van der Waals surface area contributed by atoms with Crippen LogP contribution in [0.25, 0.3) is 0 Å². The number of hydrogen-bond acceptors (Lipinski definition) is 2. The highest BCUT2D eigenvalue weighted by Crippen LogP contribution is 2.09. The molecule has 1 aromatic rings. The highest BCUT2D eigenvalue weighted by Gasteiger charge is 2.11. The van der Waals surface area contributed by atoms with Crippen molar-refractivity contribution in [2.45, 2.75) is 6.92 Å². The van der Waals surface area contributed by atoms with Gasteiger partial charge < -0.3 is 10.4 Å². The number of amides is 1. The maximum absolute atomic E-state index is 11.6. The summed E-state index contributed by atoms with van der Waals surface area (Å²) in [5, 5.41) is 11.5. The zero-order valence-corrected chi connectivity index (χ0v) is 9.28. The number of nitrogens with one attached hydrogen (secondary N) is 1. The molecule has 0 aliphatic rings. The van der Waals surface area contributed by atoms with Crippen LogP contribution in [0.3, 0.4) is 0 Å². The summed E-state index contributed by atoms with van der Waals surface area (Å²) in [5.74, 6) is -1.66. The average Bonchev–Trinajstić information content (AvgIpc) is 2.26. The second kappa shape index (κ2) is 5.32. The summed E-state index contributed by atoms with van der Waals surface area (Å²) in [6.45, 7) is 1.53. The summed E-state index contributed by atoms with van der Waals surface area (Å²) in [7, 11) is 0. The molecular weight excluding hydrogens is 230 g/mol. The average molecular weight is 240 g/mol. The van der Waals surface area contributed by atoms with Gasteiger partial charge in [0, 0.05) is 10.6 Å². The Hall–Kier alpha value is -1.81. The van der Waals surface area contributed by atoms with Gasteiger partial charge in [0.1, 0.15) is 5.70 Å². The van der Waals surface area contributed by atoms with Crippen LogP contribution in [0.5, 0.6) is 0 Å². The fourth-order valence-corrected chi connectivity index (χ4v) is 1.17. The number of carbonyl (C=O) groups is 2. The van der Waals surface area contributed by atoms with Gasteiger partial charge in [-0.1, -0.05) is 17.7 Å². The predicted octanol–water partition coefficient (Wildman–Crippen LogP) is 2.06. The fraction of sp³-hybridized carbons (Fsp3) is 0.0909. The number of allylic oxidation sites excluding steroid dienone is 1. The first-order valence-corrected chi connectivity index (χ1v) is 4.89. The number of hydrogen-bond donors (Lipinski definition) is 2. The number of rotatable bonds is 3. The minimum Gasteiger partial charge on any atom is -0.477 e. The van der Waals surface area contributed by atoms with E-state index in [1.807, 2.05) is 0 Å². The number of aliphatic carboxylic acids is 1. The molecular formula is C11H10ClNO3. The predicted molar refractivity (Wildman–Crippen MR) is 60.3 cm³/mol. The first kappa shape index (κ1) is 12.3. The Kier molecular flexibility index (Phi) is 4.08. The summed E-state index contributed by atoms with van der Waals surface area (Å²) in [6.07, 6.45) is 1.32. The Morgan fingerprint density at radius 2 is 1.88 bits per heavy atom. The molecule has 1 aromatic carbocycles. The van der Waals surface area contributed by atoms with Crippen LogP contribution in [0.4, 0.5) is 0 Å². The van der Waals surface area contributed by atoms with E-state index in [9.17, 15) is 9.59 Å². The van der Waals surface area contributed by atoms with E-state index in [4.69, 9.17) is 16.7 Å². The van der Waals surface area contributed by atoms with Gasteiger partial charge in [-0.2, -0.15) is 0 Å². The molecule has 0 heterocycles. The van der Waals surface area contributed by atoms with Gasteiger partial charge in [-0.3, -0.25) is 4.79 Å². The van der Waals surface area contributed by atoms with Gasteiger partial charge in [-0.05, 0) is 31.2 Å². The van der Waals surface area contributed by atoms with E-state index < -0.39 is 11.9 Å². The van der Waals surface area contributed by atoms with Crippen molar-refractivity contribution in [1.82, 2.24) is 5.32 Å². The lowest BCUT2D eigenvalue weighted by molar-refractivity contribution is -0.133. The van der Waals surface area contributed by atoms with Gasteiger partial charge in [-0.15, -0.1) is 0 Å². The van der Waals surface area contributed by atoms with Crippen LogP contribution in [0.15, 0.2) is 36.0 Å². The molecule has 5 heteroatoms. The molecule has 84 valence electrons. The molecule has 0 bridgehead atoms. The van der Waals surface area contributed by atoms with Crippen LogP contribution in [0.2, 0.25) is 5.02 Å². The molecule has 0 unspecified atom stereocenters. The maximum Gasteiger partial charge on any atom is 0.352 e. The summed E-state index contributed by atoms with van der Waals surface area (Å²) >= 11 is 5.66. The van der Waals surface area contributed by atoms with Crippen molar-refractivity contribution in [1.29, 1.82) is 0 Å². The summed E-state index contributed by atoms with van der Waals surface area (Å²) < 4.78 is 0. The van der Waals surface area contributed by atoms with Crippen molar-refractivity contribution in [3.63, 3.8) is 0 Å². The molecule has 0 aromatic heterocycles. The SMILES string of the molecule is C/C=C(\NC(=O)c1ccc(Cl)cc1)C(=O)O. The van der Waals surface area contributed by atoms with E-state index in [0.29, 0.717) is 10.6 Å². The summed E-state index contributed by atoms with van der Waals surface area (Å²) in [5.41, 5.74) is 0.199. The number of carboxylic acid groups (broad SMARTS) is 1. The van der Waals surface area contributed by atoms with Crippen molar-refractivity contribution in [2.24, 2.45) is 0 Å². The lowest BCUT2D eigenvalue weighted by Gasteiger charge is -2.05. The topological polar surface area (TPSA) is 66.4 Å². The lowest BCUT2D eigenvalue weighted by Crippen LogP contribution is -2.27. The van der Waals surface area contributed by atoms with Crippen LogP contribution in [0.1, 0.15) is 17.3 Å². The van der Waals surface area contributed by atoms with Gasteiger partial charge in [0.05, 0.1) is 0 Å². The molecule has 16 heavy (non-hydrogen) atoms. The Morgan fingerprint density at radius 1 is 1.31 bits per heavy atom. The normalized spacial score (nSPS) is 11.0. The smallest absolute Gasteiger partial charge is 0.352 e. The molecule has 1 rings (SSSR count). The zero-order valence-electron chi connectivity index (χ0n) is 8.53. The van der Waals surface area contributed by atoms with E-state index in [0.717, 1.165) is 0 Å². The lowest BCUT2D eigenvalue weighted by atomic mass is 10.2. The zero-order chi connectivity index (χ0) is 12.1. The van der Waals surface area contributed by atoms with Crippen LogP contribution in [-0.2, 0) is 4.79 Å². The Bertz CT molecular complexity index is 437. The van der Waals surface area contributed by atoms with Gasteiger partial charge in [0.15, 0.2) is 0 Å². The Balaban J connectivity index is 2.80. The van der Waals surface area contributed by atoms with Crippen molar-refractivity contribution >= 4 is 23.5 Å². The number of halogens is 1. The molecule has 0 atom stereocenters. The number of carbonyl (C=O) groups excluding carboxylic acids is 1. The van der Waals surface area contributed by atoms with E-state index >= 15 is 0 Å². The third-order valence-corrected chi connectivity index (χ3v) is 2.13. The molecule has 4 nitrogen and oxygen atoms in total. The largest absolute Gasteiger partial charge is 0.477 e. The molecule has 1 amide bonds. The Labute approximate surface area is 97.5 Å². The first-order chi connectivity index (χ1) is 7.54. The van der Waals surface area contributed by atoms with Crippen molar-refractivity contribution in [3.05, 3.63) is 46.6 Å². The second-order valence-corrected chi connectivity index (χ2v) is 3.40. The molecule has 0 aliphatic carbocycles. The second-order valence-electron chi connectivity index (χ2n) is 2.97. The van der Waals surface area contributed by atoms with Gasteiger partial charge in [0.25, 0.3) is 5.91 Å². The standard InChI is InChI=1S/C11H10ClNO3/c1-2-9(11(15)16)13-10(14)7-3-5-8(12)6-4-7/h2-6H,1H3,(H,13,14)(H,15,16)/b9-2-. The van der Waals surface area contributed by atoms with Crippen molar-refractivity contribution in [2.75, 3.05) is 0 Å². The van der Waals surface area contributed by atoms with Crippen LogP contribution in [-0.4, -0.2) is 17.0 Å². The third kappa shape index (κ3) is 3.10. The van der Waals surface area contributed by atoms with E-state index in [1.54, 1.807) is 12.1 Å². The quantitative estimate of drug-likeness (QED) is 0.794. The number of carboxylic acids is 1. The minimum atomic E-state index is -1.18. The molecule has 0 spiro atoms. The maximum atomic E-state index is 11.6. The van der Waals surface area contributed by atoms with Crippen LogP contribution in [0, 0.1) is 0 Å². The molecule has 0 fully saturated rings. The highest BCUT2D eigenvalue weighted by molar-refractivity contribution is 6.30. The Morgan fingerprint density at radius 3 is 2.31 bits per heavy atom. The van der Waals surface area contributed by atoms with Crippen LogP contribution < -0.4 is 5.32 Å². The van der Waals surface area contributed by atoms with E-state index in [-0.39, 0.29) is 5.70 Å². The van der Waals surface area contributed by atoms with E-state index in [2.05, 4.69) is 5.32 Å². The molecule has 0 radical (unpaired) electrons. The highest BCUT2D eigenvalue weighted by atomic mass is 35.5. The minimum absolute atomic E-state index is 0.153. The van der Waals surface area contributed by atoms with Crippen molar-refractivity contribution in [3.8, 4) is 0 Å². The van der Waals surface area contributed by atoms with Gasteiger partial charge in [0.2, 0.25) is 0 Å². The number of benzene rings is 1. The van der Waals surface area contributed by atoms with Gasteiger partial charge >= 0.3 is 5.97 Å². The molecule has 0 aliphatic heterocycles.